The van der Waals surface area contributed by atoms with Crippen LogP contribution in [0.3, 0.4) is 0 Å². The van der Waals surface area contributed by atoms with E-state index in [-0.39, 0.29) is 23.5 Å². The number of amides is 1. The Morgan fingerprint density at radius 3 is 2.70 bits per heavy atom. The SMILES string of the molecule is Cc1ccc(CN2C[C@H]3[C@H](C(=O)N(C)C)CCS(=O)(=O)[C@H]3C2)o1. The largest absolute Gasteiger partial charge is 0.465 e. The highest BCUT2D eigenvalue weighted by Gasteiger charge is 2.50. The highest BCUT2D eigenvalue weighted by molar-refractivity contribution is 7.92. The van der Waals surface area contributed by atoms with Crippen LogP contribution >= 0.6 is 0 Å². The van der Waals surface area contributed by atoms with Gasteiger partial charge in [0.15, 0.2) is 9.84 Å². The fourth-order valence-corrected chi connectivity index (χ4v) is 5.99. The van der Waals surface area contributed by atoms with Gasteiger partial charge in [-0.2, -0.15) is 0 Å². The number of fused-ring (bicyclic) bond motifs is 1. The van der Waals surface area contributed by atoms with E-state index in [1.54, 1.807) is 19.0 Å². The first-order valence-electron chi connectivity index (χ1n) is 7.98. The van der Waals surface area contributed by atoms with E-state index in [0.29, 0.717) is 26.1 Å². The third kappa shape index (κ3) is 3.17. The average Bonchev–Trinajstić information content (AvgIpc) is 3.06. The van der Waals surface area contributed by atoms with Crippen LogP contribution in [0.1, 0.15) is 17.9 Å². The van der Waals surface area contributed by atoms with Gasteiger partial charge in [0.05, 0.1) is 17.5 Å². The maximum Gasteiger partial charge on any atom is 0.225 e. The Kier molecular flexibility index (Phi) is 4.27. The van der Waals surface area contributed by atoms with Crippen LogP contribution in [0.5, 0.6) is 0 Å². The molecule has 0 aromatic carbocycles. The molecule has 0 bridgehead atoms. The molecule has 1 aromatic heterocycles. The molecule has 3 heterocycles. The number of carbonyl (C=O) groups is 1. The van der Waals surface area contributed by atoms with Crippen LogP contribution < -0.4 is 0 Å². The van der Waals surface area contributed by atoms with Crippen molar-refractivity contribution < 1.29 is 17.6 Å². The number of likely N-dealkylation sites (tertiary alicyclic amines) is 1. The number of aryl methyl sites for hydroxylation is 1. The Labute approximate surface area is 137 Å². The van der Waals surface area contributed by atoms with Gasteiger partial charge >= 0.3 is 0 Å². The summed E-state index contributed by atoms with van der Waals surface area (Å²) in [6.07, 6.45) is 0.439. The summed E-state index contributed by atoms with van der Waals surface area (Å²) in [7, 11) is 0.354. The lowest BCUT2D eigenvalue weighted by Crippen LogP contribution is -2.46. The Morgan fingerprint density at radius 1 is 1.35 bits per heavy atom. The standard InChI is InChI=1S/C16H24N2O4S/c1-11-4-5-12(22-11)8-18-9-14-13(16(19)17(2)3)6-7-23(20,21)15(14)10-18/h4-5,13-15H,6-10H2,1-3H3/t13-,14+,15+/m1/s1. The van der Waals surface area contributed by atoms with Gasteiger partial charge in [-0.15, -0.1) is 0 Å². The Bertz CT molecular complexity index is 695. The molecule has 1 aromatic rings. The van der Waals surface area contributed by atoms with Crippen LogP contribution in [-0.4, -0.2) is 62.3 Å². The minimum Gasteiger partial charge on any atom is -0.465 e. The number of sulfone groups is 1. The van der Waals surface area contributed by atoms with Crippen LogP contribution in [-0.2, 0) is 21.2 Å². The molecule has 0 spiro atoms. The van der Waals surface area contributed by atoms with E-state index in [2.05, 4.69) is 4.90 Å². The van der Waals surface area contributed by atoms with Gasteiger partial charge < -0.3 is 9.32 Å². The summed E-state index contributed by atoms with van der Waals surface area (Å²) < 4.78 is 30.5. The topological polar surface area (TPSA) is 70.8 Å². The molecule has 6 nitrogen and oxygen atoms in total. The number of furan rings is 1. The molecule has 0 N–H and O–H groups in total. The summed E-state index contributed by atoms with van der Waals surface area (Å²) in [5, 5.41) is -0.429. The van der Waals surface area contributed by atoms with Crippen LogP contribution in [0.2, 0.25) is 0 Å². The van der Waals surface area contributed by atoms with Crippen molar-refractivity contribution in [3.8, 4) is 0 Å². The fraction of sp³-hybridized carbons (Fsp3) is 0.688. The van der Waals surface area contributed by atoms with Gasteiger partial charge in [-0.25, -0.2) is 8.42 Å². The lowest BCUT2D eigenvalue weighted by molar-refractivity contribution is -0.134. The van der Waals surface area contributed by atoms with Gasteiger partial charge in [0, 0.05) is 39.0 Å². The van der Waals surface area contributed by atoms with Crippen molar-refractivity contribution in [2.75, 3.05) is 32.9 Å². The molecule has 23 heavy (non-hydrogen) atoms. The first kappa shape index (κ1) is 16.5. The highest BCUT2D eigenvalue weighted by atomic mass is 32.2. The lowest BCUT2D eigenvalue weighted by atomic mass is 9.87. The lowest BCUT2D eigenvalue weighted by Gasteiger charge is -2.33. The molecule has 2 saturated heterocycles. The number of nitrogens with zero attached hydrogens (tertiary/aromatic N) is 2. The van der Waals surface area contributed by atoms with Crippen molar-refractivity contribution in [3.05, 3.63) is 23.7 Å². The fourth-order valence-electron chi connectivity index (χ4n) is 3.86. The molecule has 2 fully saturated rings. The molecular formula is C16H24N2O4S. The van der Waals surface area contributed by atoms with Gasteiger partial charge in [0.1, 0.15) is 11.5 Å². The van der Waals surface area contributed by atoms with Gasteiger partial charge in [-0.3, -0.25) is 9.69 Å². The number of rotatable bonds is 3. The summed E-state index contributed by atoms with van der Waals surface area (Å²) in [5.41, 5.74) is 0. The van der Waals surface area contributed by atoms with Gasteiger partial charge in [0.25, 0.3) is 0 Å². The number of hydrogen-bond donors (Lipinski definition) is 0. The molecule has 0 radical (unpaired) electrons. The predicted molar refractivity (Wildman–Crippen MR) is 86.6 cm³/mol. The van der Waals surface area contributed by atoms with Gasteiger partial charge in [0.2, 0.25) is 5.91 Å². The van der Waals surface area contributed by atoms with Crippen LogP contribution in [0.15, 0.2) is 16.5 Å². The predicted octanol–water partition coefficient (Wildman–Crippen LogP) is 0.911. The summed E-state index contributed by atoms with van der Waals surface area (Å²) in [6.45, 7) is 3.61. The molecule has 7 heteroatoms. The zero-order valence-corrected chi connectivity index (χ0v) is 14.7. The van der Waals surface area contributed by atoms with Crippen LogP contribution in [0.25, 0.3) is 0 Å². The maximum atomic E-state index is 12.4. The first-order valence-corrected chi connectivity index (χ1v) is 9.70. The van der Waals surface area contributed by atoms with Gasteiger partial charge in [-0.05, 0) is 25.5 Å². The van der Waals surface area contributed by atoms with Crippen molar-refractivity contribution in [1.29, 1.82) is 0 Å². The second-order valence-electron chi connectivity index (χ2n) is 6.90. The average molecular weight is 340 g/mol. The molecule has 3 atom stereocenters. The third-order valence-electron chi connectivity index (χ3n) is 5.01. The normalized spacial score (nSPS) is 30.1. The summed E-state index contributed by atoms with van der Waals surface area (Å²) in [5.74, 6) is 1.55. The molecular weight excluding hydrogens is 316 g/mol. The number of hydrogen-bond acceptors (Lipinski definition) is 5. The van der Waals surface area contributed by atoms with Crippen molar-refractivity contribution >= 4 is 15.7 Å². The van der Waals surface area contributed by atoms with E-state index < -0.39 is 15.1 Å². The highest BCUT2D eigenvalue weighted by Crippen LogP contribution is 2.38. The van der Waals surface area contributed by atoms with Crippen molar-refractivity contribution in [1.82, 2.24) is 9.80 Å². The van der Waals surface area contributed by atoms with E-state index in [9.17, 15) is 13.2 Å². The van der Waals surface area contributed by atoms with Crippen molar-refractivity contribution in [3.63, 3.8) is 0 Å². The Balaban J connectivity index is 1.79. The van der Waals surface area contributed by atoms with Crippen LogP contribution in [0.4, 0.5) is 0 Å². The quantitative estimate of drug-likeness (QED) is 0.818. The second-order valence-corrected chi connectivity index (χ2v) is 9.24. The van der Waals surface area contributed by atoms with E-state index in [0.717, 1.165) is 11.5 Å². The van der Waals surface area contributed by atoms with Crippen LogP contribution in [0, 0.1) is 18.8 Å². The number of carbonyl (C=O) groups excluding carboxylic acids is 1. The zero-order chi connectivity index (χ0) is 16.8. The smallest absolute Gasteiger partial charge is 0.225 e. The monoisotopic (exact) mass is 340 g/mol. The molecule has 1 amide bonds. The van der Waals surface area contributed by atoms with E-state index in [1.165, 1.54) is 0 Å². The molecule has 2 aliphatic heterocycles. The Morgan fingerprint density at radius 2 is 2.09 bits per heavy atom. The molecule has 0 aliphatic carbocycles. The molecule has 0 unspecified atom stereocenters. The van der Waals surface area contributed by atoms with E-state index >= 15 is 0 Å². The first-order chi connectivity index (χ1) is 10.8. The molecule has 128 valence electrons. The second kappa shape index (κ2) is 5.94. The van der Waals surface area contributed by atoms with Crippen molar-refractivity contribution in [2.24, 2.45) is 11.8 Å². The molecule has 3 rings (SSSR count). The Hall–Kier alpha value is -1.34. The zero-order valence-electron chi connectivity index (χ0n) is 13.9. The molecule has 0 saturated carbocycles. The molecule has 2 aliphatic rings. The van der Waals surface area contributed by atoms with E-state index in [1.807, 2.05) is 19.1 Å². The van der Waals surface area contributed by atoms with Crippen molar-refractivity contribution in [2.45, 2.75) is 25.1 Å². The minimum atomic E-state index is -3.12. The van der Waals surface area contributed by atoms with E-state index in [4.69, 9.17) is 4.42 Å². The summed E-state index contributed by atoms with van der Waals surface area (Å²) in [4.78, 5) is 16.1. The maximum absolute atomic E-state index is 12.4. The third-order valence-corrected chi connectivity index (χ3v) is 7.24. The van der Waals surface area contributed by atoms with Gasteiger partial charge in [-0.1, -0.05) is 0 Å². The summed E-state index contributed by atoms with van der Waals surface area (Å²) in [6, 6.07) is 3.84. The summed E-state index contributed by atoms with van der Waals surface area (Å²) >= 11 is 0. The minimum absolute atomic E-state index is 0.0468.